The second kappa shape index (κ2) is 5.82. The third-order valence-corrected chi connectivity index (χ3v) is 2.58. The van der Waals surface area contributed by atoms with Crippen molar-refractivity contribution in [3.63, 3.8) is 0 Å². The molecule has 0 aliphatic carbocycles. The number of allylic oxidation sites excluding steroid dienone is 5. The van der Waals surface area contributed by atoms with Crippen molar-refractivity contribution in [3.8, 4) is 11.3 Å². The molecule has 0 fully saturated rings. The average Bonchev–Trinajstić information content (AvgIpc) is 2.88. The van der Waals surface area contributed by atoms with E-state index in [0.29, 0.717) is 0 Å². The summed E-state index contributed by atoms with van der Waals surface area (Å²) in [6.45, 7) is 5.73. The second-order valence-corrected chi connectivity index (χ2v) is 3.82. The van der Waals surface area contributed by atoms with E-state index in [1.165, 1.54) is 0 Å². The van der Waals surface area contributed by atoms with Crippen LogP contribution in [0.2, 0.25) is 0 Å². The summed E-state index contributed by atoms with van der Waals surface area (Å²) in [5.41, 5.74) is 3.22. The molecular weight excluding hydrogens is 220 g/mol. The van der Waals surface area contributed by atoms with Gasteiger partial charge in [0.1, 0.15) is 0 Å². The Bertz CT molecular complexity index is 574. The topological polar surface area (TPSA) is 17.8 Å². The molecule has 2 rings (SSSR count). The van der Waals surface area contributed by atoms with Crippen molar-refractivity contribution in [2.45, 2.75) is 6.92 Å². The molecule has 90 valence electrons. The fraction of sp³-hybridized carbons (Fsp3) is 0.0625. The standard InChI is InChI=1S/C16H16N2/c1-3-8-15(9-4-2)18-16(12-13-17-18)14-10-6-5-7-11-14/h3-13H,1H2,2H3/b9-4-,15-8+. The highest BCUT2D eigenvalue weighted by molar-refractivity contribution is 5.68. The van der Waals surface area contributed by atoms with Crippen LogP contribution in [0, 0.1) is 0 Å². The van der Waals surface area contributed by atoms with E-state index in [0.717, 1.165) is 17.0 Å². The second-order valence-electron chi connectivity index (χ2n) is 3.82. The molecule has 0 saturated carbocycles. The average molecular weight is 236 g/mol. The molecule has 0 aliphatic heterocycles. The Kier molecular flexibility index (Phi) is 3.92. The molecule has 1 aromatic heterocycles. The Morgan fingerprint density at radius 2 is 2.00 bits per heavy atom. The van der Waals surface area contributed by atoms with Crippen LogP contribution >= 0.6 is 0 Å². The number of rotatable bonds is 4. The lowest BCUT2D eigenvalue weighted by Gasteiger charge is -2.08. The third kappa shape index (κ3) is 2.48. The minimum Gasteiger partial charge on any atom is -0.233 e. The van der Waals surface area contributed by atoms with Gasteiger partial charge < -0.3 is 0 Å². The zero-order valence-corrected chi connectivity index (χ0v) is 10.5. The van der Waals surface area contributed by atoms with Crippen molar-refractivity contribution >= 4 is 5.70 Å². The molecule has 0 radical (unpaired) electrons. The molecule has 0 atom stereocenters. The SMILES string of the molecule is C=C/C=C(\C=C/C)n1nccc1-c1ccccc1. The summed E-state index contributed by atoms with van der Waals surface area (Å²) in [4.78, 5) is 0. The molecule has 18 heavy (non-hydrogen) atoms. The van der Waals surface area contributed by atoms with Gasteiger partial charge in [-0.25, -0.2) is 4.68 Å². The smallest absolute Gasteiger partial charge is 0.0740 e. The highest BCUT2D eigenvalue weighted by Gasteiger charge is 2.06. The molecule has 0 bridgehead atoms. The largest absolute Gasteiger partial charge is 0.233 e. The maximum atomic E-state index is 4.38. The van der Waals surface area contributed by atoms with Crippen LogP contribution in [0.5, 0.6) is 0 Å². The van der Waals surface area contributed by atoms with Crippen LogP contribution in [0.4, 0.5) is 0 Å². The minimum absolute atomic E-state index is 0.997. The van der Waals surface area contributed by atoms with Crippen LogP contribution < -0.4 is 0 Å². The van der Waals surface area contributed by atoms with E-state index in [1.807, 2.05) is 60.3 Å². The molecule has 2 nitrogen and oxygen atoms in total. The van der Waals surface area contributed by atoms with Crippen molar-refractivity contribution in [1.82, 2.24) is 9.78 Å². The molecule has 0 N–H and O–H groups in total. The van der Waals surface area contributed by atoms with Crippen LogP contribution in [-0.2, 0) is 0 Å². The van der Waals surface area contributed by atoms with Gasteiger partial charge in [-0.05, 0) is 25.1 Å². The van der Waals surface area contributed by atoms with E-state index in [-0.39, 0.29) is 0 Å². The summed E-state index contributed by atoms with van der Waals surface area (Å²) in [5.74, 6) is 0. The van der Waals surface area contributed by atoms with Crippen LogP contribution in [-0.4, -0.2) is 9.78 Å². The molecule has 0 aliphatic rings. The minimum atomic E-state index is 0.997. The zero-order valence-electron chi connectivity index (χ0n) is 10.5. The lowest BCUT2D eigenvalue weighted by atomic mass is 10.1. The first kappa shape index (κ1) is 12.1. The first-order chi connectivity index (χ1) is 8.86. The fourth-order valence-corrected chi connectivity index (χ4v) is 1.82. The Labute approximate surface area is 108 Å². The van der Waals surface area contributed by atoms with Crippen molar-refractivity contribution in [2.24, 2.45) is 0 Å². The summed E-state index contributed by atoms with van der Waals surface area (Å²) in [6.07, 6.45) is 9.53. The van der Waals surface area contributed by atoms with E-state index in [1.54, 1.807) is 6.08 Å². The van der Waals surface area contributed by atoms with Gasteiger partial charge in [0, 0.05) is 5.56 Å². The van der Waals surface area contributed by atoms with Crippen molar-refractivity contribution in [3.05, 3.63) is 73.5 Å². The Balaban J connectivity index is 2.51. The fourth-order valence-electron chi connectivity index (χ4n) is 1.82. The molecule has 0 unspecified atom stereocenters. The highest BCUT2D eigenvalue weighted by atomic mass is 15.3. The summed E-state index contributed by atoms with van der Waals surface area (Å²) in [5, 5.41) is 4.38. The quantitative estimate of drug-likeness (QED) is 0.729. The monoisotopic (exact) mass is 236 g/mol. The van der Waals surface area contributed by atoms with E-state index in [2.05, 4.69) is 23.8 Å². The molecule has 0 spiro atoms. The Morgan fingerprint density at radius 1 is 1.22 bits per heavy atom. The first-order valence-electron chi connectivity index (χ1n) is 5.92. The van der Waals surface area contributed by atoms with Crippen LogP contribution in [0.25, 0.3) is 17.0 Å². The molecule has 2 aromatic rings. The van der Waals surface area contributed by atoms with Gasteiger partial charge in [0.05, 0.1) is 17.6 Å². The molecular formula is C16H16N2. The van der Waals surface area contributed by atoms with E-state index in [9.17, 15) is 0 Å². The van der Waals surface area contributed by atoms with Gasteiger partial charge in [0.25, 0.3) is 0 Å². The van der Waals surface area contributed by atoms with E-state index >= 15 is 0 Å². The predicted octanol–water partition coefficient (Wildman–Crippen LogP) is 4.15. The first-order valence-corrected chi connectivity index (χ1v) is 5.92. The van der Waals surface area contributed by atoms with Gasteiger partial charge in [0.2, 0.25) is 0 Å². The van der Waals surface area contributed by atoms with Gasteiger partial charge >= 0.3 is 0 Å². The van der Waals surface area contributed by atoms with Gasteiger partial charge in [-0.1, -0.05) is 49.1 Å². The van der Waals surface area contributed by atoms with Gasteiger partial charge in [-0.2, -0.15) is 5.10 Å². The highest BCUT2D eigenvalue weighted by Crippen LogP contribution is 2.22. The van der Waals surface area contributed by atoms with Crippen molar-refractivity contribution in [2.75, 3.05) is 0 Å². The summed E-state index contributed by atoms with van der Waals surface area (Å²) >= 11 is 0. The molecule has 1 heterocycles. The third-order valence-electron chi connectivity index (χ3n) is 2.58. The zero-order chi connectivity index (χ0) is 12.8. The van der Waals surface area contributed by atoms with E-state index < -0.39 is 0 Å². The number of hydrogen-bond acceptors (Lipinski definition) is 1. The number of aromatic nitrogens is 2. The number of hydrogen-bond donors (Lipinski definition) is 0. The summed E-state index contributed by atoms with van der Waals surface area (Å²) in [7, 11) is 0. The van der Waals surface area contributed by atoms with Crippen LogP contribution in [0.3, 0.4) is 0 Å². The van der Waals surface area contributed by atoms with Crippen molar-refractivity contribution < 1.29 is 0 Å². The van der Waals surface area contributed by atoms with Gasteiger partial charge in [-0.3, -0.25) is 0 Å². The number of benzene rings is 1. The Hall–Kier alpha value is -2.35. The van der Waals surface area contributed by atoms with E-state index in [4.69, 9.17) is 0 Å². The maximum absolute atomic E-state index is 4.38. The molecule has 0 amide bonds. The number of nitrogens with zero attached hydrogens (tertiary/aromatic N) is 2. The summed E-state index contributed by atoms with van der Waals surface area (Å²) < 4.78 is 1.91. The normalized spacial score (nSPS) is 11.9. The lowest BCUT2D eigenvalue weighted by molar-refractivity contribution is 0.917. The molecule has 0 saturated heterocycles. The van der Waals surface area contributed by atoms with Crippen molar-refractivity contribution in [1.29, 1.82) is 0 Å². The summed E-state index contributed by atoms with van der Waals surface area (Å²) in [6, 6.07) is 12.2. The van der Waals surface area contributed by atoms with Crippen LogP contribution in [0.1, 0.15) is 6.92 Å². The maximum Gasteiger partial charge on any atom is 0.0740 e. The lowest BCUT2D eigenvalue weighted by Crippen LogP contribution is -1.99. The predicted molar refractivity (Wildman–Crippen MR) is 76.9 cm³/mol. The Morgan fingerprint density at radius 3 is 2.67 bits per heavy atom. The van der Waals surface area contributed by atoms with Crippen LogP contribution in [0.15, 0.2) is 73.5 Å². The molecule has 2 heteroatoms. The van der Waals surface area contributed by atoms with Gasteiger partial charge in [0.15, 0.2) is 0 Å². The molecule has 1 aromatic carbocycles. The van der Waals surface area contributed by atoms with Gasteiger partial charge in [-0.15, -0.1) is 0 Å².